The average molecular weight is 1410 g/mol. The summed E-state index contributed by atoms with van der Waals surface area (Å²) in [5.41, 5.74) is -3.65. The maximum atomic E-state index is 14.9. The van der Waals surface area contributed by atoms with Crippen LogP contribution in [0.4, 0.5) is 4.79 Å². The Labute approximate surface area is 599 Å². The third kappa shape index (κ3) is 23.6. The van der Waals surface area contributed by atoms with Gasteiger partial charge in [0, 0.05) is 19.4 Å². The Hall–Kier alpha value is -9.97. The summed E-state index contributed by atoms with van der Waals surface area (Å²) in [7, 11) is 0. The van der Waals surface area contributed by atoms with E-state index in [2.05, 4.69) is 47.9 Å². The predicted octanol–water partition coefficient (Wildman–Crippen LogP) is 6.84. The molecule has 0 aliphatic carbocycles. The molecule has 5 aromatic rings. The Morgan fingerprint density at radius 2 is 0.990 bits per heavy atom. The first kappa shape index (κ1) is 81.0. The number of nitrogens with one attached hydrogen (secondary N) is 9. The van der Waals surface area contributed by atoms with Crippen LogP contribution in [-0.2, 0) is 76.0 Å². The first-order valence-corrected chi connectivity index (χ1v) is 34.9. The predicted molar refractivity (Wildman–Crippen MR) is 386 cm³/mol. The molecule has 1 heterocycles. The molecule has 102 heavy (non-hydrogen) atoms. The van der Waals surface area contributed by atoms with E-state index in [0.29, 0.717) is 6.42 Å². The fraction of sp³-hybridized carbons (Fsp3) is 0.474. The number of hydrogen-bond donors (Lipinski definition) is 10. The minimum atomic E-state index is -1.87. The number of carbonyl (C=O) groups excluding carboxylic acids is 11. The van der Waals surface area contributed by atoms with Crippen molar-refractivity contribution < 1.29 is 67.3 Å². The lowest BCUT2D eigenvalue weighted by molar-refractivity contribution is -0.155. The van der Waals surface area contributed by atoms with E-state index in [-0.39, 0.29) is 57.6 Å². The number of likely N-dealkylation sites (tertiary alicyclic amines) is 1. The Morgan fingerprint density at radius 1 is 0.510 bits per heavy atom. The molecule has 1 fully saturated rings. The van der Waals surface area contributed by atoms with Gasteiger partial charge in [0.05, 0.1) is 12.6 Å². The van der Waals surface area contributed by atoms with Gasteiger partial charge in [-0.1, -0.05) is 179 Å². The van der Waals surface area contributed by atoms with Crippen molar-refractivity contribution in [3.63, 3.8) is 0 Å². The molecule has 1 aliphatic rings. The molecular formula is C78H104N10O14. The van der Waals surface area contributed by atoms with Crippen molar-refractivity contribution in [2.24, 2.45) is 11.8 Å². The highest BCUT2D eigenvalue weighted by molar-refractivity contribution is 6.01. The second-order valence-corrected chi connectivity index (χ2v) is 29.3. The molecule has 0 radical (unpaired) electrons. The van der Waals surface area contributed by atoms with E-state index in [1.807, 2.05) is 141 Å². The Morgan fingerprint density at radius 3 is 1.50 bits per heavy atom. The number of aliphatic hydroxyl groups excluding tert-OH is 1. The average Bonchev–Trinajstić information content (AvgIpc) is 0.926. The van der Waals surface area contributed by atoms with Crippen LogP contribution < -0.4 is 47.9 Å². The molecule has 5 aromatic carbocycles. The summed E-state index contributed by atoms with van der Waals surface area (Å²) in [6, 6.07) is 39.0. The van der Waals surface area contributed by atoms with Gasteiger partial charge in [0.2, 0.25) is 53.2 Å². The van der Waals surface area contributed by atoms with E-state index in [1.165, 1.54) is 46.4 Å². The number of benzene rings is 5. The maximum absolute atomic E-state index is 14.9. The number of carbonyl (C=O) groups is 11. The lowest BCUT2D eigenvalue weighted by atomic mass is 9.77. The standard InChI is InChI=1S/C78H104N10O14/c1-50(2)46-60(82-73(100)101-49-53-32-21-15-22-33-53)67(94)85-77(12,13)72(99)88-45-29-40-61(88)68(95)83-64(51(3)4)69(96)86-76(10,11)71(98)87-75(8,9)70(97)81-59(42-44-63(91)102-74(5,6)7)66(93)80-58(65(92)79-57(48-89)47-52-30-19-14-20-31-52)41-43-62(90)84-78(54-34-23-16-24-35-54,55-36-25-17-26-37-55)56-38-27-18-28-39-56/h14-28,30-39,50-51,57-61,64,89H,29,40-49H2,1-13H3,(H,79,92)(H,80,93)(H,81,97)(H,82,100)(H,83,95)(H,84,90)(H,85,94)(H,86,96)(H,87,98)/t57-,58-,59-,60-,61-,64-/m0/s1. The summed E-state index contributed by atoms with van der Waals surface area (Å²) >= 11 is 0. The van der Waals surface area contributed by atoms with Gasteiger partial charge in [-0.15, -0.1) is 0 Å². The zero-order valence-corrected chi connectivity index (χ0v) is 61.0. The molecule has 0 unspecified atom stereocenters. The van der Waals surface area contributed by atoms with Gasteiger partial charge in [0.25, 0.3) is 0 Å². The molecule has 0 spiro atoms. The van der Waals surface area contributed by atoms with Crippen molar-refractivity contribution in [1.29, 1.82) is 0 Å². The molecule has 0 saturated carbocycles. The summed E-state index contributed by atoms with van der Waals surface area (Å²) in [6.07, 6.45) is -1.16. The van der Waals surface area contributed by atoms with Crippen LogP contribution in [0.2, 0.25) is 0 Å². The summed E-state index contributed by atoms with van der Waals surface area (Å²) < 4.78 is 10.9. The van der Waals surface area contributed by atoms with Gasteiger partial charge in [-0.05, 0) is 140 Å². The fourth-order valence-corrected chi connectivity index (χ4v) is 11.9. The van der Waals surface area contributed by atoms with Gasteiger partial charge in [-0.3, -0.25) is 47.9 Å². The maximum Gasteiger partial charge on any atom is 0.408 e. The number of rotatable bonds is 34. The number of nitrogens with zero attached hydrogens (tertiary/aromatic N) is 1. The Bertz CT molecular complexity index is 3560. The summed E-state index contributed by atoms with van der Waals surface area (Å²) in [5, 5.41) is 35.6. The molecule has 6 atom stereocenters. The molecule has 10 amide bonds. The van der Waals surface area contributed by atoms with E-state index in [4.69, 9.17) is 9.47 Å². The van der Waals surface area contributed by atoms with Crippen molar-refractivity contribution in [3.05, 3.63) is 179 Å². The molecular weight excluding hydrogens is 1300 g/mol. The third-order valence-electron chi connectivity index (χ3n) is 17.4. The van der Waals surface area contributed by atoms with Gasteiger partial charge >= 0.3 is 12.1 Å². The number of hydrogen-bond acceptors (Lipinski definition) is 14. The van der Waals surface area contributed by atoms with Crippen molar-refractivity contribution in [1.82, 2.24) is 52.8 Å². The minimum absolute atomic E-state index is 0.0281. The molecule has 6 rings (SSSR count). The van der Waals surface area contributed by atoms with E-state index in [9.17, 15) is 57.8 Å². The Balaban J connectivity index is 1.17. The number of ether oxygens (including phenoxy) is 2. The molecule has 1 saturated heterocycles. The molecule has 24 nitrogen and oxygen atoms in total. The number of alkyl carbamates (subject to hydrolysis) is 1. The number of aliphatic hydroxyl groups is 1. The van der Waals surface area contributed by atoms with Gasteiger partial charge in [-0.25, -0.2) is 4.79 Å². The van der Waals surface area contributed by atoms with E-state index in [1.54, 1.807) is 58.9 Å². The summed E-state index contributed by atoms with van der Waals surface area (Å²) in [6.45, 7) is 20.2. The molecule has 0 bridgehead atoms. The van der Waals surface area contributed by atoms with Crippen molar-refractivity contribution >= 4 is 65.2 Å². The summed E-state index contributed by atoms with van der Waals surface area (Å²) in [4.78, 5) is 158. The molecule has 550 valence electrons. The second kappa shape index (κ2) is 36.6. The van der Waals surface area contributed by atoms with Crippen LogP contribution in [0.25, 0.3) is 0 Å². The van der Waals surface area contributed by atoms with Crippen molar-refractivity contribution in [2.75, 3.05) is 13.2 Å². The SMILES string of the molecule is CC(C)C[C@H](NC(=O)OCc1ccccc1)C(=O)NC(C)(C)C(=O)N1CCC[C@H]1C(=O)N[C@H](C(=O)NC(C)(C)C(=O)NC(C)(C)C(=O)N[C@@H](CCC(=O)OC(C)(C)C)C(=O)N[C@@H](CCC(=O)NC(c1ccccc1)(c1ccccc1)c1ccccc1)C(=O)N[C@H](CO)Cc1ccccc1)C(C)C. The highest BCUT2D eigenvalue weighted by atomic mass is 16.6. The summed E-state index contributed by atoms with van der Waals surface area (Å²) in [5.74, 6) is -8.01. The second-order valence-electron chi connectivity index (χ2n) is 29.3. The van der Waals surface area contributed by atoms with Gasteiger partial charge in [0.1, 0.15) is 64.6 Å². The Kier molecular flexibility index (Phi) is 29.0. The molecule has 0 aromatic heterocycles. The minimum Gasteiger partial charge on any atom is -0.460 e. The fourth-order valence-electron chi connectivity index (χ4n) is 11.9. The number of amides is 10. The number of esters is 1. The van der Waals surface area contributed by atoms with Crippen LogP contribution in [0.3, 0.4) is 0 Å². The monoisotopic (exact) mass is 1400 g/mol. The highest BCUT2D eigenvalue weighted by Gasteiger charge is 2.46. The normalized spacial score (nSPS) is 14.9. The van der Waals surface area contributed by atoms with Crippen LogP contribution in [0.5, 0.6) is 0 Å². The van der Waals surface area contributed by atoms with E-state index in [0.717, 1.165) is 27.8 Å². The zero-order chi connectivity index (χ0) is 75.2. The van der Waals surface area contributed by atoms with Crippen LogP contribution in [0.1, 0.15) is 163 Å². The zero-order valence-electron chi connectivity index (χ0n) is 61.0. The third-order valence-corrected chi connectivity index (χ3v) is 17.4. The van der Waals surface area contributed by atoms with Crippen molar-refractivity contribution in [2.45, 2.75) is 212 Å². The van der Waals surface area contributed by atoms with Crippen LogP contribution in [-0.4, -0.2) is 147 Å². The topological polar surface area (TPSA) is 338 Å². The van der Waals surface area contributed by atoms with Gasteiger partial charge in [0.15, 0.2) is 0 Å². The molecule has 24 heteroatoms. The lowest BCUT2D eigenvalue weighted by Gasteiger charge is -2.37. The largest absolute Gasteiger partial charge is 0.460 e. The quantitative estimate of drug-likeness (QED) is 0.0149. The van der Waals surface area contributed by atoms with Gasteiger partial charge < -0.3 is 67.3 Å². The highest BCUT2D eigenvalue weighted by Crippen LogP contribution is 2.37. The smallest absolute Gasteiger partial charge is 0.408 e. The first-order chi connectivity index (χ1) is 48.0. The molecule has 10 N–H and O–H groups in total. The van der Waals surface area contributed by atoms with Gasteiger partial charge in [-0.2, -0.15) is 0 Å². The van der Waals surface area contributed by atoms with Crippen molar-refractivity contribution in [3.8, 4) is 0 Å². The first-order valence-electron chi connectivity index (χ1n) is 34.9. The molecule has 1 aliphatic heterocycles. The van der Waals surface area contributed by atoms with Crippen LogP contribution in [0.15, 0.2) is 152 Å². The van der Waals surface area contributed by atoms with E-state index < -0.39 is 148 Å². The van der Waals surface area contributed by atoms with E-state index >= 15 is 0 Å². The van der Waals surface area contributed by atoms with Crippen LogP contribution >= 0.6 is 0 Å². The lowest BCUT2D eigenvalue weighted by Crippen LogP contribution is -2.66. The van der Waals surface area contributed by atoms with Crippen LogP contribution in [0, 0.1) is 11.8 Å².